The zero-order valence-electron chi connectivity index (χ0n) is 12.9. The molecule has 1 N–H and O–H groups in total. The summed E-state index contributed by atoms with van der Waals surface area (Å²) in [5.74, 6) is 0.530. The summed E-state index contributed by atoms with van der Waals surface area (Å²) in [5.41, 5.74) is 0. The van der Waals surface area contributed by atoms with Crippen LogP contribution < -0.4 is 5.32 Å². The van der Waals surface area contributed by atoms with Crippen molar-refractivity contribution in [2.24, 2.45) is 5.92 Å². The summed E-state index contributed by atoms with van der Waals surface area (Å²) in [4.78, 5) is 14.4. The van der Waals surface area contributed by atoms with Crippen LogP contribution >= 0.6 is 11.3 Å². The summed E-state index contributed by atoms with van der Waals surface area (Å²) >= 11 is 1.35. The van der Waals surface area contributed by atoms with Crippen LogP contribution in [0.5, 0.6) is 0 Å². The highest BCUT2D eigenvalue weighted by atomic mass is 32.1. The van der Waals surface area contributed by atoms with Crippen molar-refractivity contribution in [3.63, 3.8) is 0 Å². The molecule has 0 radical (unpaired) electrons. The van der Waals surface area contributed by atoms with Crippen LogP contribution in [-0.4, -0.2) is 36.5 Å². The SMILES string of the molecule is CCCN1CCCCC(CNC)C1c1ccc([N+](=O)[O-])s1. The van der Waals surface area contributed by atoms with Gasteiger partial charge in [0.1, 0.15) is 0 Å². The van der Waals surface area contributed by atoms with Gasteiger partial charge in [0.05, 0.1) is 4.92 Å². The molecule has 0 aliphatic carbocycles. The number of nitrogens with zero attached hydrogens (tertiary/aromatic N) is 2. The Morgan fingerprint density at radius 2 is 2.29 bits per heavy atom. The predicted molar refractivity (Wildman–Crippen MR) is 86.8 cm³/mol. The van der Waals surface area contributed by atoms with Crippen LogP contribution in [0.1, 0.15) is 43.5 Å². The topological polar surface area (TPSA) is 58.4 Å². The minimum absolute atomic E-state index is 0.258. The van der Waals surface area contributed by atoms with E-state index < -0.39 is 0 Å². The van der Waals surface area contributed by atoms with Gasteiger partial charge in [0.15, 0.2) is 0 Å². The van der Waals surface area contributed by atoms with E-state index in [1.165, 1.54) is 30.6 Å². The second kappa shape index (κ2) is 7.87. The fourth-order valence-electron chi connectivity index (χ4n) is 3.34. The monoisotopic (exact) mass is 311 g/mol. The fraction of sp³-hybridized carbons (Fsp3) is 0.733. The highest BCUT2D eigenvalue weighted by Crippen LogP contribution is 2.40. The Hall–Kier alpha value is -0.980. The smallest absolute Gasteiger partial charge is 0.319 e. The summed E-state index contributed by atoms with van der Waals surface area (Å²) in [6.45, 7) is 5.34. The lowest BCUT2D eigenvalue weighted by Crippen LogP contribution is -2.36. The molecular formula is C15H25N3O2S. The zero-order chi connectivity index (χ0) is 15.2. The Bertz CT molecular complexity index is 448. The molecule has 0 saturated carbocycles. The van der Waals surface area contributed by atoms with Crippen molar-refractivity contribution in [3.8, 4) is 0 Å². The van der Waals surface area contributed by atoms with E-state index in [1.807, 2.05) is 13.1 Å². The van der Waals surface area contributed by atoms with Gasteiger partial charge in [0, 0.05) is 17.0 Å². The van der Waals surface area contributed by atoms with Crippen LogP contribution in [-0.2, 0) is 0 Å². The lowest BCUT2D eigenvalue weighted by Gasteiger charge is -2.34. The summed E-state index contributed by atoms with van der Waals surface area (Å²) in [6.07, 6.45) is 4.79. The van der Waals surface area contributed by atoms with E-state index in [-0.39, 0.29) is 9.92 Å². The first-order chi connectivity index (χ1) is 10.2. The first-order valence-electron chi connectivity index (χ1n) is 7.80. The predicted octanol–water partition coefficient (Wildman–Crippen LogP) is 3.43. The van der Waals surface area contributed by atoms with E-state index in [4.69, 9.17) is 0 Å². The van der Waals surface area contributed by atoms with Crippen molar-refractivity contribution in [1.29, 1.82) is 0 Å². The second-order valence-corrected chi connectivity index (χ2v) is 6.82. The standard InChI is InChI=1S/C15H25N3O2S/c1-3-9-17-10-5-4-6-12(11-16-2)15(17)13-7-8-14(21-13)18(19)20/h7-8,12,15-16H,3-6,9-11H2,1-2H3. The van der Waals surface area contributed by atoms with E-state index in [0.29, 0.717) is 12.0 Å². The maximum Gasteiger partial charge on any atom is 0.324 e. The van der Waals surface area contributed by atoms with E-state index in [0.717, 1.165) is 30.9 Å². The van der Waals surface area contributed by atoms with Gasteiger partial charge in [-0.3, -0.25) is 15.0 Å². The quantitative estimate of drug-likeness (QED) is 0.646. The van der Waals surface area contributed by atoms with Crippen molar-refractivity contribution < 1.29 is 4.92 Å². The summed E-state index contributed by atoms with van der Waals surface area (Å²) in [7, 11) is 1.99. The van der Waals surface area contributed by atoms with Crippen LogP contribution in [0.2, 0.25) is 0 Å². The van der Waals surface area contributed by atoms with Crippen molar-refractivity contribution in [2.45, 2.75) is 38.6 Å². The molecule has 1 aliphatic rings. The van der Waals surface area contributed by atoms with Gasteiger partial charge < -0.3 is 5.32 Å². The molecule has 2 heterocycles. The van der Waals surface area contributed by atoms with Gasteiger partial charge in [-0.2, -0.15) is 0 Å². The van der Waals surface area contributed by atoms with E-state index in [9.17, 15) is 10.1 Å². The molecule has 1 fully saturated rings. The number of nitro groups is 1. The lowest BCUT2D eigenvalue weighted by atomic mass is 9.93. The van der Waals surface area contributed by atoms with E-state index >= 15 is 0 Å². The molecular weight excluding hydrogens is 286 g/mol. The van der Waals surface area contributed by atoms with Crippen molar-refractivity contribution in [2.75, 3.05) is 26.7 Å². The van der Waals surface area contributed by atoms with Gasteiger partial charge in [-0.15, -0.1) is 0 Å². The number of likely N-dealkylation sites (tertiary alicyclic amines) is 1. The van der Waals surface area contributed by atoms with Gasteiger partial charge in [-0.05, 0) is 57.9 Å². The molecule has 21 heavy (non-hydrogen) atoms. The molecule has 0 spiro atoms. The number of rotatable bonds is 6. The van der Waals surface area contributed by atoms with Gasteiger partial charge in [0.2, 0.25) is 0 Å². The van der Waals surface area contributed by atoms with Crippen LogP contribution in [0.25, 0.3) is 0 Å². The Morgan fingerprint density at radius 3 is 2.90 bits per heavy atom. The van der Waals surface area contributed by atoms with Crippen LogP contribution in [0.15, 0.2) is 12.1 Å². The summed E-state index contributed by atoms with van der Waals surface area (Å²) in [5, 5.41) is 14.5. The molecule has 0 aromatic carbocycles. The minimum Gasteiger partial charge on any atom is -0.319 e. The third kappa shape index (κ3) is 4.02. The highest BCUT2D eigenvalue weighted by Gasteiger charge is 2.32. The molecule has 2 unspecified atom stereocenters. The van der Waals surface area contributed by atoms with Crippen molar-refractivity contribution >= 4 is 16.3 Å². The number of hydrogen-bond donors (Lipinski definition) is 1. The molecule has 0 amide bonds. The van der Waals surface area contributed by atoms with Crippen LogP contribution in [0.4, 0.5) is 5.00 Å². The van der Waals surface area contributed by atoms with Gasteiger partial charge >= 0.3 is 5.00 Å². The van der Waals surface area contributed by atoms with Gasteiger partial charge in [-0.25, -0.2) is 0 Å². The van der Waals surface area contributed by atoms with E-state index in [1.54, 1.807) is 6.07 Å². The van der Waals surface area contributed by atoms with Gasteiger partial charge in [0.25, 0.3) is 0 Å². The number of hydrogen-bond acceptors (Lipinski definition) is 5. The minimum atomic E-state index is -0.276. The summed E-state index contributed by atoms with van der Waals surface area (Å²) < 4.78 is 0. The normalized spacial score (nSPS) is 23.9. The molecule has 0 bridgehead atoms. The largest absolute Gasteiger partial charge is 0.324 e. The Kier molecular flexibility index (Phi) is 6.14. The first-order valence-corrected chi connectivity index (χ1v) is 8.61. The molecule has 1 aromatic rings. The first kappa shape index (κ1) is 16.4. The lowest BCUT2D eigenvalue weighted by molar-refractivity contribution is -0.380. The Labute approximate surface area is 130 Å². The average molecular weight is 311 g/mol. The maximum atomic E-state index is 11.0. The fourth-order valence-corrected chi connectivity index (χ4v) is 4.39. The number of thiophene rings is 1. The Balaban J connectivity index is 2.29. The zero-order valence-corrected chi connectivity index (χ0v) is 13.7. The maximum absolute atomic E-state index is 11.0. The van der Waals surface area contributed by atoms with Crippen molar-refractivity contribution in [1.82, 2.24) is 10.2 Å². The summed E-state index contributed by atoms with van der Waals surface area (Å²) in [6, 6.07) is 3.94. The average Bonchev–Trinajstić information content (AvgIpc) is 2.85. The molecule has 2 atom stereocenters. The van der Waals surface area contributed by atoms with Crippen LogP contribution in [0, 0.1) is 16.0 Å². The molecule has 1 saturated heterocycles. The molecule has 1 aromatic heterocycles. The molecule has 6 heteroatoms. The van der Waals surface area contributed by atoms with Crippen molar-refractivity contribution in [3.05, 3.63) is 27.1 Å². The van der Waals surface area contributed by atoms with E-state index in [2.05, 4.69) is 17.1 Å². The third-order valence-corrected chi connectivity index (χ3v) is 5.28. The molecule has 5 nitrogen and oxygen atoms in total. The number of nitrogens with one attached hydrogen (secondary N) is 1. The second-order valence-electron chi connectivity index (χ2n) is 5.73. The highest BCUT2D eigenvalue weighted by molar-refractivity contribution is 7.15. The molecule has 118 valence electrons. The molecule has 1 aliphatic heterocycles. The Morgan fingerprint density at radius 1 is 1.48 bits per heavy atom. The molecule has 2 rings (SSSR count). The van der Waals surface area contributed by atoms with Crippen LogP contribution in [0.3, 0.4) is 0 Å². The third-order valence-electron chi connectivity index (χ3n) is 4.17. The van der Waals surface area contributed by atoms with Gasteiger partial charge in [-0.1, -0.05) is 24.7 Å².